The largest absolute Gasteiger partial charge is 0.382 e. The Morgan fingerprint density at radius 3 is 2.53 bits per heavy atom. The summed E-state index contributed by atoms with van der Waals surface area (Å²) in [7, 11) is 1.70. The summed E-state index contributed by atoms with van der Waals surface area (Å²) in [4.78, 5) is 22.5. The van der Waals surface area contributed by atoms with E-state index in [-0.39, 0.29) is 22.6 Å². The van der Waals surface area contributed by atoms with Gasteiger partial charge in [0.25, 0.3) is 0 Å². The molecule has 1 aromatic rings. The highest BCUT2D eigenvalue weighted by molar-refractivity contribution is 14.1. The van der Waals surface area contributed by atoms with E-state index in [0.717, 1.165) is 0 Å². The first kappa shape index (κ1) is 13.7. The minimum absolute atomic E-state index is 0.0326. The number of aliphatic imine (C=N–C) groups is 1. The van der Waals surface area contributed by atoms with Crippen LogP contribution in [0.2, 0.25) is 5.15 Å². The molecule has 0 atom stereocenters. The van der Waals surface area contributed by atoms with Crippen LogP contribution in [-0.4, -0.2) is 28.9 Å². The third-order valence-electron chi connectivity index (χ3n) is 1.59. The molecule has 0 bridgehead atoms. The molecule has 0 aliphatic rings. The average molecular weight is 370 g/mol. The molecule has 17 heavy (non-hydrogen) atoms. The number of hydrogen-bond acceptors (Lipinski definition) is 5. The number of nitrogens with zero attached hydrogens (tertiary/aromatic N) is 4. The van der Waals surface area contributed by atoms with Gasteiger partial charge in [0, 0.05) is 7.05 Å². The van der Waals surface area contributed by atoms with Crippen LogP contribution in [0.5, 0.6) is 0 Å². The van der Waals surface area contributed by atoms with Crippen molar-refractivity contribution < 1.29 is 4.79 Å². The summed E-state index contributed by atoms with van der Waals surface area (Å²) in [6.45, 7) is 0. The van der Waals surface area contributed by atoms with Crippen molar-refractivity contribution in [3.63, 3.8) is 0 Å². The molecule has 0 fully saturated rings. The van der Waals surface area contributed by atoms with Crippen LogP contribution in [0.1, 0.15) is 10.5 Å². The molecule has 1 rings (SSSR count). The molecule has 10 heteroatoms. The number of amides is 1. The summed E-state index contributed by atoms with van der Waals surface area (Å²) < 4.78 is 1.58. The van der Waals surface area contributed by atoms with Crippen molar-refractivity contribution >= 4 is 58.0 Å². The Balaban J connectivity index is 3.25. The molecule has 0 spiro atoms. The number of halogens is 2. The molecular formula is C7H9ClIN7O. The molecule has 6 N–H and O–H groups in total. The van der Waals surface area contributed by atoms with Crippen molar-refractivity contribution in [2.75, 3.05) is 15.9 Å². The van der Waals surface area contributed by atoms with E-state index in [1.807, 2.05) is 22.9 Å². The molecule has 1 heterocycles. The number of carbonyl (C=O) groups excluding carboxylic acids is 1. The third kappa shape index (κ3) is 3.30. The highest BCUT2D eigenvalue weighted by atomic mass is 127. The Hall–Kier alpha value is -1.36. The molecule has 0 aromatic carbocycles. The summed E-state index contributed by atoms with van der Waals surface area (Å²) in [5.74, 6) is -0.934. The number of anilines is 2. The van der Waals surface area contributed by atoms with Gasteiger partial charge < -0.3 is 17.2 Å². The zero-order valence-electron chi connectivity index (χ0n) is 8.69. The Morgan fingerprint density at radius 1 is 1.47 bits per heavy atom. The zero-order valence-corrected chi connectivity index (χ0v) is 11.6. The lowest BCUT2D eigenvalue weighted by Gasteiger charge is -2.11. The molecule has 0 aliphatic heterocycles. The minimum atomic E-state index is -0.792. The number of carbonyl (C=O) groups is 1. The molecule has 0 unspecified atom stereocenters. The van der Waals surface area contributed by atoms with E-state index in [1.165, 1.54) is 0 Å². The summed E-state index contributed by atoms with van der Waals surface area (Å²) >= 11 is 7.78. The van der Waals surface area contributed by atoms with Crippen molar-refractivity contribution in [2.24, 2.45) is 16.5 Å². The van der Waals surface area contributed by atoms with Gasteiger partial charge in [0.05, 0.1) is 22.9 Å². The van der Waals surface area contributed by atoms with Crippen molar-refractivity contribution in [1.82, 2.24) is 9.97 Å². The van der Waals surface area contributed by atoms with E-state index in [4.69, 9.17) is 28.8 Å². The Morgan fingerprint density at radius 2 is 2.06 bits per heavy atom. The van der Waals surface area contributed by atoms with Crippen LogP contribution in [0.4, 0.5) is 11.6 Å². The first-order chi connectivity index (χ1) is 7.82. The maximum Gasteiger partial charge on any atom is 0.302 e. The third-order valence-corrected chi connectivity index (χ3v) is 2.30. The van der Waals surface area contributed by atoms with Crippen LogP contribution >= 0.6 is 34.5 Å². The van der Waals surface area contributed by atoms with Crippen LogP contribution in [0.25, 0.3) is 0 Å². The fourth-order valence-electron chi connectivity index (χ4n) is 0.942. The van der Waals surface area contributed by atoms with E-state index >= 15 is 0 Å². The summed E-state index contributed by atoms with van der Waals surface area (Å²) in [6, 6.07) is 0. The van der Waals surface area contributed by atoms with E-state index in [9.17, 15) is 4.79 Å². The number of nitrogen functional groups attached to an aromatic ring is 1. The predicted molar refractivity (Wildman–Crippen MR) is 74.0 cm³/mol. The molecule has 0 saturated carbocycles. The molecule has 8 nitrogen and oxygen atoms in total. The first-order valence-corrected chi connectivity index (χ1v) is 5.53. The average Bonchev–Trinajstić information content (AvgIpc) is 2.19. The van der Waals surface area contributed by atoms with Crippen molar-refractivity contribution in [3.8, 4) is 0 Å². The molecule has 1 amide bonds. The fourth-order valence-corrected chi connectivity index (χ4v) is 1.67. The second-order valence-corrected chi connectivity index (χ2v) is 4.70. The quantitative estimate of drug-likeness (QED) is 0.287. The summed E-state index contributed by atoms with van der Waals surface area (Å²) in [5.41, 5.74) is 15.5. The number of aromatic nitrogens is 2. The smallest absolute Gasteiger partial charge is 0.302 e. The lowest BCUT2D eigenvalue weighted by molar-refractivity contribution is 0.0998. The molecule has 0 radical (unpaired) electrons. The minimum Gasteiger partial charge on any atom is -0.382 e. The van der Waals surface area contributed by atoms with Gasteiger partial charge in [-0.2, -0.15) is 4.99 Å². The fraction of sp³-hybridized carbons (Fsp3) is 0.143. The van der Waals surface area contributed by atoms with Crippen LogP contribution in [0.3, 0.4) is 0 Å². The maximum absolute atomic E-state index is 11.5. The van der Waals surface area contributed by atoms with Gasteiger partial charge >= 0.3 is 5.91 Å². The Bertz CT molecular complexity index is 485. The van der Waals surface area contributed by atoms with Gasteiger partial charge in [-0.05, 0) is 0 Å². The van der Waals surface area contributed by atoms with Gasteiger partial charge in [-0.3, -0.25) is 7.91 Å². The zero-order chi connectivity index (χ0) is 13.2. The van der Waals surface area contributed by atoms with E-state index in [0.29, 0.717) is 5.82 Å². The van der Waals surface area contributed by atoms with E-state index in [1.54, 1.807) is 10.2 Å². The molecule has 0 saturated heterocycles. The second kappa shape index (κ2) is 5.31. The van der Waals surface area contributed by atoms with Crippen molar-refractivity contribution in [3.05, 3.63) is 10.8 Å². The standard InChI is InChI=1S/C7H9ClIN7O/c1-16(9)5-3(8)13-2(4(10)14-5)6(17)15-7(11)12/h1H3,(H2,10,14)(H4,11,12,15,17). The lowest BCUT2D eigenvalue weighted by atomic mass is 10.4. The van der Waals surface area contributed by atoms with Gasteiger partial charge in [0.2, 0.25) is 0 Å². The lowest BCUT2D eigenvalue weighted by Crippen LogP contribution is -2.25. The molecule has 92 valence electrons. The summed E-state index contributed by atoms with van der Waals surface area (Å²) in [6.07, 6.45) is 0. The molecule has 0 aliphatic carbocycles. The van der Waals surface area contributed by atoms with Gasteiger partial charge in [0.15, 0.2) is 28.4 Å². The highest BCUT2D eigenvalue weighted by Gasteiger charge is 2.17. The topological polar surface area (TPSA) is 137 Å². The van der Waals surface area contributed by atoms with Gasteiger partial charge in [0.1, 0.15) is 0 Å². The van der Waals surface area contributed by atoms with Crippen LogP contribution in [0.15, 0.2) is 4.99 Å². The monoisotopic (exact) mass is 369 g/mol. The predicted octanol–water partition coefficient (Wildman–Crippen LogP) is -0.0880. The van der Waals surface area contributed by atoms with Crippen LogP contribution in [0, 0.1) is 0 Å². The SMILES string of the molecule is CN(I)c1nc(N)c(C(=O)N=C(N)N)nc1Cl. The number of hydrogen-bond donors (Lipinski definition) is 3. The maximum atomic E-state index is 11.5. The van der Waals surface area contributed by atoms with Gasteiger partial charge in [-0.1, -0.05) is 11.6 Å². The number of rotatable bonds is 2. The first-order valence-electron chi connectivity index (χ1n) is 4.19. The van der Waals surface area contributed by atoms with Gasteiger partial charge in [-0.25, -0.2) is 9.97 Å². The van der Waals surface area contributed by atoms with E-state index in [2.05, 4.69) is 15.0 Å². The highest BCUT2D eigenvalue weighted by Crippen LogP contribution is 2.25. The summed E-state index contributed by atoms with van der Waals surface area (Å²) in [5, 5.41) is 0.0326. The Labute approximate surface area is 116 Å². The molecule has 1 aromatic heterocycles. The second-order valence-electron chi connectivity index (χ2n) is 2.89. The number of nitrogens with two attached hydrogens (primary N) is 3. The van der Waals surface area contributed by atoms with Crippen molar-refractivity contribution in [2.45, 2.75) is 0 Å². The van der Waals surface area contributed by atoms with Crippen LogP contribution in [-0.2, 0) is 0 Å². The van der Waals surface area contributed by atoms with E-state index < -0.39 is 5.91 Å². The number of guanidine groups is 1. The van der Waals surface area contributed by atoms with Crippen molar-refractivity contribution in [1.29, 1.82) is 0 Å². The van der Waals surface area contributed by atoms with Crippen LogP contribution < -0.4 is 20.3 Å². The normalized spacial score (nSPS) is 9.82. The Kier molecular flexibility index (Phi) is 4.28. The van der Waals surface area contributed by atoms with Gasteiger partial charge in [-0.15, -0.1) is 0 Å². The molecular weight excluding hydrogens is 360 g/mol.